The van der Waals surface area contributed by atoms with E-state index >= 15 is 0 Å². The van der Waals surface area contributed by atoms with Crippen LogP contribution in [0, 0.1) is 0 Å². The number of hydrogen-bond donors (Lipinski definition) is 1. The Morgan fingerprint density at radius 2 is 1.55 bits per heavy atom. The van der Waals surface area contributed by atoms with Gasteiger partial charge in [-0.25, -0.2) is 0 Å². The molecule has 5 heteroatoms. The van der Waals surface area contributed by atoms with E-state index < -0.39 is 11.5 Å². The third kappa shape index (κ3) is 1.53. The Labute approximate surface area is 113 Å². The molecule has 0 aromatic heterocycles. The fourth-order valence-corrected chi connectivity index (χ4v) is 2.30. The average Bonchev–Trinajstić information content (AvgIpc) is 2.47. The molecular formula is C15H8O5. The highest BCUT2D eigenvalue weighted by molar-refractivity contribution is 6.29. The zero-order valence-corrected chi connectivity index (χ0v) is 10.1. The highest BCUT2D eigenvalue weighted by Crippen LogP contribution is 2.38. The molecule has 3 rings (SSSR count). The zero-order chi connectivity index (χ0) is 14.3. The minimum Gasteiger partial charge on any atom is -0.504 e. The largest absolute Gasteiger partial charge is 0.504 e. The predicted octanol–water partition coefficient (Wildman–Crippen LogP) is 1.70. The van der Waals surface area contributed by atoms with Gasteiger partial charge in [0.05, 0.1) is 5.56 Å². The van der Waals surface area contributed by atoms with E-state index in [2.05, 4.69) is 4.74 Å². The Balaban J connectivity index is 2.28. The van der Waals surface area contributed by atoms with Crippen molar-refractivity contribution >= 4 is 18.0 Å². The van der Waals surface area contributed by atoms with Crippen molar-refractivity contribution in [2.75, 3.05) is 0 Å². The molecule has 1 N–H and O–H groups in total. The molecule has 0 saturated carbocycles. The number of rotatable bonds is 2. The van der Waals surface area contributed by atoms with E-state index in [0.29, 0.717) is 5.56 Å². The zero-order valence-electron chi connectivity index (χ0n) is 10.1. The Morgan fingerprint density at radius 1 is 0.900 bits per heavy atom. The second kappa shape index (κ2) is 4.31. The first-order valence-electron chi connectivity index (χ1n) is 5.80. The molecule has 0 fully saturated rings. The van der Waals surface area contributed by atoms with Crippen molar-refractivity contribution in [2.45, 2.75) is 0 Å². The molecule has 1 aliphatic carbocycles. The molecule has 0 saturated heterocycles. The molecule has 0 heterocycles. The second-order valence-corrected chi connectivity index (χ2v) is 4.25. The van der Waals surface area contributed by atoms with E-state index in [4.69, 9.17) is 0 Å². The average molecular weight is 268 g/mol. The third-order valence-electron chi connectivity index (χ3n) is 3.20. The van der Waals surface area contributed by atoms with Gasteiger partial charge in [0, 0.05) is 16.7 Å². The lowest BCUT2D eigenvalue weighted by Gasteiger charge is -2.18. The highest BCUT2D eigenvalue weighted by atomic mass is 16.5. The van der Waals surface area contributed by atoms with Crippen molar-refractivity contribution in [3.05, 3.63) is 58.7 Å². The smallest absolute Gasteiger partial charge is 0.298 e. The monoisotopic (exact) mass is 268 g/mol. The van der Waals surface area contributed by atoms with Crippen LogP contribution in [0.3, 0.4) is 0 Å². The van der Waals surface area contributed by atoms with E-state index in [0.717, 1.165) is 0 Å². The van der Waals surface area contributed by atoms with Gasteiger partial charge in [-0.05, 0) is 12.1 Å². The summed E-state index contributed by atoms with van der Waals surface area (Å²) in [6, 6.07) is 9.03. The first kappa shape index (κ1) is 12.1. The van der Waals surface area contributed by atoms with Crippen molar-refractivity contribution in [2.24, 2.45) is 0 Å². The van der Waals surface area contributed by atoms with Crippen LogP contribution in [-0.4, -0.2) is 23.1 Å². The maximum atomic E-state index is 12.4. The summed E-state index contributed by atoms with van der Waals surface area (Å²) in [5, 5.41) is 10.0. The quantitative estimate of drug-likeness (QED) is 0.715. The number of carbonyl (C=O) groups excluding carboxylic acids is 3. The predicted molar refractivity (Wildman–Crippen MR) is 68.1 cm³/mol. The Bertz CT molecular complexity index is 761. The Morgan fingerprint density at radius 3 is 2.20 bits per heavy atom. The molecule has 0 atom stereocenters. The molecule has 98 valence electrons. The normalized spacial score (nSPS) is 12.6. The summed E-state index contributed by atoms with van der Waals surface area (Å²) in [6.07, 6.45) is 0. The Hall–Kier alpha value is -2.95. The van der Waals surface area contributed by atoms with Crippen LogP contribution >= 0.6 is 0 Å². The van der Waals surface area contributed by atoms with Crippen LogP contribution in [-0.2, 0) is 4.79 Å². The molecule has 0 aliphatic heterocycles. The van der Waals surface area contributed by atoms with Gasteiger partial charge in [-0.3, -0.25) is 14.4 Å². The molecular weight excluding hydrogens is 260 g/mol. The van der Waals surface area contributed by atoms with Crippen molar-refractivity contribution in [3.63, 3.8) is 0 Å². The van der Waals surface area contributed by atoms with Crippen LogP contribution in [0.4, 0.5) is 0 Å². The molecule has 20 heavy (non-hydrogen) atoms. The standard InChI is InChI=1S/C15H8O5/c16-7-20-11-6-5-10-12(15(11)19)14(18)9-4-2-1-3-8(9)13(10)17/h1-7,19H. The fourth-order valence-electron chi connectivity index (χ4n) is 2.30. The fraction of sp³-hybridized carbons (Fsp3) is 0. The number of fused-ring (bicyclic) bond motifs is 2. The summed E-state index contributed by atoms with van der Waals surface area (Å²) in [7, 11) is 0. The molecule has 0 unspecified atom stereocenters. The number of phenolic OH excluding ortho intramolecular Hbond substituents is 1. The maximum Gasteiger partial charge on any atom is 0.298 e. The summed E-state index contributed by atoms with van der Waals surface area (Å²) in [4.78, 5) is 35.0. The van der Waals surface area contributed by atoms with Crippen molar-refractivity contribution in [1.29, 1.82) is 0 Å². The lowest BCUT2D eigenvalue weighted by atomic mass is 9.83. The molecule has 0 bridgehead atoms. The maximum absolute atomic E-state index is 12.4. The van der Waals surface area contributed by atoms with Gasteiger partial charge >= 0.3 is 0 Å². The molecule has 0 amide bonds. The number of benzene rings is 2. The summed E-state index contributed by atoms with van der Waals surface area (Å²) >= 11 is 0. The molecule has 1 aliphatic rings. The SMILES string of the molecule is O=COc1ccc2c(c1O)C(=O)c1ccccc1C2=O. The number of aromatic hydroxyl groups is 1. The number of phenols is 1. The van der Waals surface area contributed by atoms with Crippen LogP contribution in [0.2, 0.25) is 0 Å². The number of ether oxygens (including phenoxy) is 1. The van der Waals surface area contributed by atoms with Gasteiger partial charge in [-0.1, -0.05) is 24.3 Å². The molecule has 5 nitrogen and oxygen atoms in total. The van der Waals surface area contributed by atoms with Crippen LogP contribution < -0.4 is 4.74 Å². The first-order chi connectivity index (χ1) is 9.65. The van der Waals surface area contributed by atoms with Gasteiger partial charge in [0.2, 0.25) is 0 Å². The number of ketones is 2. The van der Waals surface area contributed by atoms with Crippen LogP contribution in [0.1, 0.15) is 31.8 Å². The number of hydrogen-bond acceptors (Lipinski definition) is 5. The van der Waals surface area contributed by atoms with Crippen LogP contribution in [0.15, 0.2) is 36.4 Å². The Kier molecular flexibility index (Phi) is 2.61. The summed E-state index contributed by atoms with van der Waals surface area (Å²) in [5.41, 5.74) is 0.495. The topological polar surface area (TPSA) is 80.7 Å². The van der Waals surface area contributed by atoms with Gasteiger partial charge in [0.1, 0.15) is 0 Å². The molecule has 2 aromatic rings. The minimum atomic E-state index is -0.498. The number of carbonyl (C=O) groups is 3. The van der Waals surface area contributed by atoms with E-state index in [-0.39, 0.29) is 34.7 Å². The van der Waals surface area contributed by atoms with Gasteiger partial charge in [0.15, 0.2) is 23.1 Å². The lowest BCUT2D eigenvalue weighted by molar-refractivity contribution is -0.120. The lowest BCUT2D eigenvalue weighted by Crippen LogP contribution is -2.21. The van der Waals surface area contributed by atoms with Crippen molar-refractivity contribution in [1.82, 2.24) is 0 Å². The molecule has 2 aromatic carbocycles. The molecule has 0 radical (unpaired) electrons. The summed E-state index contributed by atoms with van der Waals surface area (Å²) in [5.74, 6) is -1.46. The van der Waals surface area contributed by atoms with Gasteiger partial charge in [-0.15, -0.1) is 0 Å². The van der Waals surface area contributed by atoms with Gasteiger partial charge < -0.3 is 9.84 Å². The summed E-state index contributed by atoms with van der Waals surface area (Å²) in [6.45, 7) is 0.143. The van der Waals surface area contributed by atoms with Gasteiger partial charge in [-0.2, -0.15) is 0 Å². The summed E-state index contributed by atoms with van der Waals surface area (Å²) < 4.78 is 4.58. The third-order valence-corrected chi connectivity index (χ3v) is 3.20. The second-order valence-electron chi connectivity index (χ2n) is 4.25. The van der Waals surface area contributed by atoms with E-state index in [9.17, 15) is 19.5 Å². The van der Waals surface area contributed by atoms with E-state index in [1.807, 2.05) is 0 Å². The van der Waals surface area contributed by atoms with E-state index in [1.54, 1.807) is 18.2 Å². The van der Waals surface area contributed by atoms with Gasteiger partial charge in [0.25, 0.3) is 6.47 Å². The van der Waals surface area contributed by atoms with Crippen molar-refractivity contribution < 1.29 is 24.2 Å². The van der Waals surface area contributed by atoms with Crippen LogP contribution in [0.5, 0.6) is 11.5 Å². The van der Waals surface area contributed by atoms with Crippen molar-refractivity contribution in [3.8, 4) is 11.5 Å². The first-order valence-corrected chi connectivity index (χ1v) is 5.80. The van der Waals surface area contributed by atoms with E-state index in [1.165, 1.54) is 18.2 Å². The van der Waals surface area contributed by atoms with Crippen LogP contribution in [0.25, 0.3) is 0 Å². The highest BCUT2D eigenvalue weighted by Gasteiger charge is 2.33. The molecule has 0 spiro atoms. The minimum absolute atomic E-state index is 0.101.